The molecule has 0 spiro atoms. The van der Waals surface area contributed by atoms with Crippen LogP contribution in [0.2, 0.25) is 0 Å². The minimum absolute atomic E-state index is 0.319. The molecule has 0 saturated heterocycles. The van der Waals surface area contributed by atoms with E-state index in [-0.39, 0.29) is 0 Å². The second-order valence-electron chi connectivity index (χ2n) is 2.52. The number of imidazole rings is 1. The number of nitrogen functional groups attached to an aromatic ring is 2. The lowest BCUT2D eigenvalue weighted by atomic mass is 10.4. The summed E-state index contributed by atoms with van der Waals surface area (Å²) in [5.41, 5.74) is 6.31. The van der Waals surface area contributed by atoms with Crippen molar-refractivity contribution in [3.8, 4) is 10.6 Å². The van der Waals surface area contributed by atoms with Gasteiger partial charge in [0, 0.05) is 9.85 Å². The third-order valence-corrected chi connectivity index (χ3v) is 3.29. The average Bonchev–Trinajstić information content (AvgIpc) is 2.61. The second kappa shape index (κ2) is 3.04. The molecule has 0 bridgehead atoms. The molecular weight excluding hydrogens is 252 g/mol. The van der Waals surface area contributed by atoms with E-state index in [1.54, 1.807) is 17.5 Å². The summed E-state index contributed by atoms with van der Waals surface area (Å²) in [6.45, 7) is 0. The van der Waals surface area contributed by atoms with E-state index in [1.165, 1.54) is 4.68 Å². The number of anilines is 1. The number of halogens is 1. The standard InChI is InChI=1S/C7H7BrN4S/c8-4-1-6(13-3-4)5-2-12(10)7(9)11-5/h1-3H,10H2,(H2,9,11). The summed E-state index contributed by atoms with van der Waals surface area (Å²) >= 11 is 4.96. The number of aromatic nitrogens is 2. The van der Waals surface area contributed by atoms with Crippen LogP contribution in [0.25, 0.3) is 10.6 Å². The van der Waals surface area contributed by atoms with Crippen LogP contribution in [-0.4, -0.2) is 9.66 Å². The maximum absolute atomic E-state index is 5.51. The smallest absolute Gasteiger partial charge is 0.219 e. The third kappa shape index (κ3) is 1.54. The molecule has 0 aliphatic heterocycles. The largest absolute Gasteiger partial charge is 0.368 e. The molecule has 0 unspecified atom stereocenters. The van der Waals surface area contributed by atoms with Gasteiger partial charge in [-0.05, 0) is 22.0 Å². The minimum atomic E-state index is 0.319. The molecule has 0 aliphatic rings. The van der Waals surface area contributed by atoms with Crippen LogP contribution < -0.4 is 11.6 Å². The van der Waals surface area contributed by atoms with E-state index in [0.29, 0.717) is 5.95 Å². The first-order valence-corrected chi connectivity index (χ1v) is 5.18. The number of rotatable bonds is 1. The van der Waals surface area contributed by atoms with Crippen molar-refractivity contribution >= 4 is 33.2 Å². The summed E-state index contributed by atoms with van der Waals surface area (Å²) in [6.07, 6.45) is 1.70. The van der Waals surface area contributed by atoms with Crippen molar-refractivity contribution in [2.75, 3.05) is 11.6 Å². The van der Waals surface area contributed by atoms with Crippen molar-refractivity contribution in [2.24, 2.45) is 0 Å². The van der Waals surface area contributed by atoms with E-state index in [1.807, 2.05) is 11.4 Å². The maximum atomic E-state index is 5.51. The van der Waals surface area contributed by atoms with Gasteiger partial charge >= 0.3 is 0 Å². The second-order valence-corrected chi connectivity index (χ2v) is 4.35. The molecule has 4 nitrogen and oxygen atoms in total. The molecular formula is C7H7BrN4S. The Kier molecular flexibility index (Phi) is 2.01. The quantitative estimate of drug-likeness (QED) is 0.765. The summed E-state index contributed by atoms with van der Waals surface area (Å²) in [7, 11) is 0. The van der Waals surface area contributed by atoms with Crippen molar-refractivity contribution in [1.29, 1.82) is 0 Å². The number of hydrogen-bond donors (Lipinski definition) is 2. The van der Waals surface area contributed by atoms with Gasteiger partial charge in [0.2, 0.25) is 5.95 Å². The number of hydrogen-bond acceptors (Lipinski definition) is 4. The van der Waals surface area contributed by atoms with Crippen molar-refractivity contribution in [3.63, 3.8) is 0 Å². The van der Waals surface area contributed by atoms with Crippen LogP contribution >= 0.6 is 27.3 Å². The molecule has 6 heteroatoms. The number of nitrogens with zero attached hydrogens (tertiary/aromatic N) is 2. The first-order valence-electron chi connectivity index (χ1n) is 3.51. The van der Waals surface area contributed by atoms with Crippen molar-refractivity contribution in [1.82, 2.24) is 9.66 Å². The molecule has 0 aliphatic carbocycles. The fourth-order valence-corrected chi connectivity index (χ4v) is 2.36. The molecule has 2 aromatic rings. The van der Waals surface area contributed by atoms with Gasteiger partial charge in [-0.1, -0.05) is 0 Å². The highest BCUT2D eigenvalue weighted by atomic mass is 79.9. The van der Waals surface area contributed by atoms with Crippen LogP contribution in [0.4, 0.5) is 5.95 Å². The zero-order valence-corrected chi connectivity index (χ0v) is 8.97. The van der Waals surface area contributed by atoms with Crippen LogP contribution in [0.15, 0.2) is 22.1 Å². The van der Waals surface area contributed by atoms with Crippen LogP contribution in [0, 0.1) is 0 Å². The van der Waals surface area contributed by atoms with E-state index in [9.17, 15) is 0 Å². The lowest BCUT2D eigenvalue weighted by Crippen LogP contribution is -2.09. The summed E-state index contributed by atoms with van der Waals surface area (Å²) in [5, 5.41) is 1.99. The van der Waals surface area contributed by atoms with E-state index in [2.05, 4.69) is 20.9 Å². The predicted molar refractivity (Wildman–Crippen MR) is 57.8 cm³/mol. The fraction of sp³-hybridized carbons (Fsp3) is 0. The van der Waals surface area contributed by atoms with Crippen LogP contribution in [-0.2, 0) is 0 Å². The van der Waals surface area contributed by atoms with E-state index < -0.39 is 0 Å². The van der Waals surface area contributed by atoms with Crippen molar-refractivity contribution in [2.45, 2.75) is 0 Å². The third-order valence-electron chi connectivity index (χ3n) is 1.58. The Labute approximate surface area is 87.3 Å². The van der Waals surface area contributed by atoms with E-state index in [0.717, 1.165) is 15.0 Å². The molecule has 0 saturated carbocycles. The Hall–Kier alpha value is -1.01. The summed E-state index contributed by atoms with van der Waals surface area (Å²) in [6, 6.07) is 1.98. The zero-order chi connectivity index (χ0) is 9.42. The highest BCUT2D eigenvalue weighted by Crippen LogP contribution is 2.28. The molecule has 2 rings (SSSR count). The highest BCUT2D eigenvalue weighted by Gasteiger charge is 2.06. The van der Waals surface area contributed by atoms with Gasteiger partial charge in [0.25, 0.3) is 0 Å². The van der Waals surface area contributed by atoms with Gasteiger partial charge < -0.3 is 11.6 Å². The Morgan fingerprint density at radius 2 is 2.31 bits per heavy atom. The molecule has 0 atom stereocenters. The molecule has 4 N–H and O–H groups in total. The van der Waals surface area contributed by atoms with Crippen LogP contribution in [0.1, 0.15) is 0 Å². The van der Waals surface area contributed by atoms with Gasteiger partial charge in [-0.3, -0.25) is 0 Å². The Morgan fingerprint density at radius 3 is 2.77 bits per heavy atom. The monoisotopic (exact) mass is 258 g/mol. The van der Waals surface area contributed by atoms with Crippen LogP contribution in [0.3, 0.4) is 0 Å². The molecule has 0 radical (unpaired) electrons. The Bertz CT molecular complexity index is 414. The van der Waals surface area contributed by atoms with Crippen molar-refractivity contribution < 1.29 is 0 Å². The molecule has 0 aromatic carbocycles. The fourth-order valence-electron chi connectivity index (χ4n) is 0.974. The van der Waals surface area contributed by atoms with E-state index in [4.69, 9.17) is 11.6 Å². The van der Waals surface area contributed by atoms with Gasteiger partial charge in [-0.15, -0.1) is 11.3 Å². The molecule has 13 heavy (non-hydrogen) atoms. The molecule has 2 aromatic heterocycles. The molecule has 2 heterocycles. The molecule has 0 amide bonds. The average molecular weight is 259 g/mol. The lowest BCUT2D eigenvalue weighted by molar-refractivity contribution is 1.02. The molecule has 68 valence electrons. The predicted octanol–water partition coefficient (Wildman–Crippen LogP) is 1.67. The SMILES string of the molecule is Nc1nc(-c2cc(Br)cs2)cn1N. The van der Waals surface area contributed by atoms with Gasteiger partial charge in [-0.2, -0.15) is 0 Å². The van der Waals surface area contributed by atoms with E-state index >= 15 is 0 Å². The Balaban J connectivity index is 2.46. The number of thiophene rings is 1. The van der Waals surface area contributed by atoms with Gasteiger partial charge in [-0.25, -0.2) is 9.66 Å². The topological polar surface area (TPSA) is 69.9 Å². The van der Waals surface area contributed by atoms with Crippen LogP contribution in [0.5, 0.6) is 0 Å². The molecule has 0 fully saturated rings. The normalized spacial score (nSPS) is 10.5. The van der Waals surface area contributed by atoms with Gasteiger partial charge in [0.05, 0.1) is 11.1 Å². The number of nitrogens with two attached hydrogens (primary N) is 2. The Morgan fingerprint density at radius 1 is 1.54 bits per heavy atom. The van der Waals surface area contributed by atoms with Gasteiger partial charge in [0.15, 0.2) is 0 Å². The summed E-state index contributed by atoms with van der Waals surface area (Å²) in [4.78, 5) is 5.14. The summed E-state index contributed by atoms with van der Waals surface area (Å²) in [5.74, 6) is 5.83. The lowest BCUT2D eigenvalue weighted by Gasteiger charge is -1.88. The minimum Gasteiger partial charge on any atom is -0.368 e. The zero-order valence-electron chi connectivity index (χ0n) is 6.57. The summed E-state index contributed by atoms with van der Waals surface area (Å²) < 4.78 is 2.35. The highest BCUT2D eigenvalue weighted by molar-refractivity contribution is 9.10. The first-order chi connectivity index (χ1) is 6.16. The first kappa shape index (κ1) is 8.58. The maximum Gasteiger partial charge on any atom is 0.219 e. The van der Waals surface area contributed by atoms with Crippen molar-refractivity contribution in [3.05, 3.63) is 22.1 Å². The van der Waals surface area contributed by atoms with Gasteiger partial charge in [0.1, 0.15) is 5.69 Å².